The van der Waals surface area contributed by atoms with Crippen LogP contribution in [0, 0.1) is 11.6 Å². The van der Waals surface area contributed by atoms with Gasteiger partial charge in [0.25, 0.3) is 0 Å². The van der Waals surface area contributed by atoms with Gasteiger partial charge in [0.05, 0.1) is 5.56 Å². The van der Waals surface area contributed by atoms with Crippen LogP contribution in [0.3, 0.4) is 0 Å². The number of nitrogens with one attached hydrogen (secondary N) is 1. The number of aromatic nitrogens is 2. The molecule has 112 valence electrons. The summed E-state index contributed by atoms with van der Waals surface area (Å²) in [7, 11) is 1.41. The van der Waals surface area contributed by atoms with E-state index in [1.54, 1.807) is 0 Å². The van der Waals surface area contributed by atoms with Crippen molar-refractivity contribution in [2.24, 2.45) is 0 Å². The Kier molecular flexibility index (Phi) is 4.31. The fraction of sp³-hybridized carbons (Fsp3) is 0.167. The molecule has 0 bridgehead atoms. The first kappa shape index (κ1) is 15.5. The lowest BCUT2D eigenvalue weighted by Gasteiger charge is -2.08. The van der Waals surface area contributed by atoms with Crippen LogP contribution in [0.2, 0.25) is 0 Å². The highest BCUT2D eigenvalue weighted by Gasteiger charge is 2.30. The van der Waals surface area contributed by atoms with E-state index < -0.39 is 23.4 Å². The molecule has 2 aromatic rings. The highest BCUT2D eigenvalue weighted by Crippen LogP contribution is 2.32. The summed E-state index contributed by atoms with van der Waals surface area (Å²) in [5, 5.41) is 2.37. The monoisotopic (exact) mass is 321 g/mol. The maximum absolute atomic E-state index is 13.6. The summed E-state index contributed by atoms with van der Waals surface area (Å²) in [5.41, 5.74) is -0.907. The molecular weight excluding hydrogens is 313 g/mol. The maximum Gasteiger partial charge on any atom is 0.417 e. The number of alkyl halides is 3. The third kappa shape index (κ3) is 3.60. The van der Waals surface area contributed by atoms with E-state index in [1.165, 1.54) is 7.05 Å². The van der Waals surface area contributed by atoms with Crippen LogP contribution < -0.4 is 5.32 Å². The summed E-state index contributed by atoms with van der Waals surface area (Å²) >= 11 is 0.701. The maximum atomic E-state index is 13.6. The predicted octanol–water partition coefficient (Wildman–Crippen LogP) is 3.97. The van der Waals surface area contributed by atoms with Crippen LogP contribution in [0.25, 0.3) is 0 Å². The van der Waals surface area contributed by atoms with Gasteiger partial charge in [0.2, 0.25) is 0 Å². The molecule has 0 aliphatic carbocycles. The van der Waals surface area contributed by atoms with Crippen LogP contribution in [0.1, 0.15) is 5.56 Å². The summed E-state index contributed by atoms with van der Waals surface area (Å²) in [6, 6.07) is 2.57. The van der Waals surface area contributed by atoms with Crippen molar-refractivity contribution in [1.82, 2.24) is 9.97 Å². The molecule has 0 saturated heterocycles. The first-order chi connectivity index (χ1) is 9.81. The number of hydrogen-bond acceptors (Lipinski definition) is 4. The van der Waals surface area contributed by atoms with Crippen LogP contribution in [0.4, 0.5) is 27.8 Å². The number of hydrogen-bond donors (Lipinski definition) is 1. The Hall–Kier alpha value is -1.90. The lowest BCUT2D eigenvalue weighted by molar-refractivity contribution is -0.137. The fourth-order valence-electron chi connectivity index (χ4n) is 1.40. The summed E-state index contributed by atoms with van der Waals surface area (Å²) < 4.78 is 64.0. The summed E-state index contributed by atoms with van der Waals surface area (Å²) in [6.07, 6.45) is -3.85. The third-order valence-electron chi connectivity index (χ3n) is 2.40. The second kappa shape index (κ2) is 5.84. The minimum absolute atomic E-state index is 0.114. The van der Waals surface area contributed by atoms with Crippen LogP contribution in [-0.2, 0) is 6.18 Å². The van der Waals surface area contributed by atoms with Gasteiger partial charge < -0.3 is 5.32 Å². The van der Waals surface area contributed by atoms with Crippen molar-refractivity contribution >= 4 is 17.6 Å². The molecule has 2 aromatic heterocycles. The Morgan fingerprint density at radius 3 is 2.38 bits per heavy atom. The van der Waals surface area contributed by atoms with Gasteiger partial charge in [-0.1, -0.05) is 0 Å². The molecule has 0 aliphatic rings. The Morgan fingerprint density at radius 2 is 1.86 bits per heavy atom. The SMILES string of the molecule is CNc1nc(Sc2ccc(C(F)(F)F)cn2)c(F)cc1F. The first-order valence-electron chi connectivity index (χ1n) is 5.56. The lowest BCUT2D eigenvalue weighted by Crippen LogP contribution is -2.05. The Balaban J connectivity index is 2.26. The standard InChI is InChI=1S/C12H8F5N3S/c1-18-10-7(13)4-8(14)11(20-10)21-9-3-2-6(5-19-9)12(15,16)17/h2-5H,1H3,(H,18,20). The second-order valence-electron chi connectivity index (χ2n) is 3.84. The first-order valence-corrected chi connectivity index (χ1v) is 6.38. The molecule has 0 atom stereocenters. The van der Waals surface area contributed by atoms with E-state index in [9.17, 15) is 22.0 Å². The molecule has 9 heteroatoms. The zero-order valence-corrected chi connectivity index (χ0v) is 11.3. The molecular formula is C12H8F5N3S. The topological polar surface area (TPSA) is 37.8 Å². The number of anilines is 1. The number of rotatable bonds is 3. The molecule has 0 aliphatic heterocycles. The van der Waals surface area contributed by atoms with Gasteiger partial charge in [0.1, 0.15) is 10.1 Å². The third-order valence-corrected chi connectivity index (χ3v) is 3.33. The van der Waals surface area contributed by atoms with Crippen molar-refractivity contribution in [1.29, 1.82) is 0 Å². The van der Waals surface area contributed by atoms with E-state index in [1.807, 2.05) is 0 Å². The largest absolute Gasteiger partial charge is 0.417 e. The molecule has 0 spiro atoms. The Morgan fingerprint density at radius 1 is 1.14 bits per heavy atom. The minimum atomic E-state index is -4.49. The summed E-state index contributed by atoms with van der Waals surface area (Å²) in [6.45, 7) is 0. The quantitative estimate of drug-likeness (QED) is 0.868. The van der Waals surface area contributed by atoms with E-state index in [0.717, 1.165) is 12.1 Å². The van der Waals surface area contributed by atoms with Crippen LogP contribution in [0.5, 0.6) is 0 Å². The van der Waals surface area contributed by atoms with Gasteiger partial charge in [-0.3, -0.25) is 0 Å². The Bertz CT molecular complexity index is 643. The Labute approximate surface area is 120 Å². The molecule has 3 nitrogen and oxygen atoms in total. The van der Waals surface area contributed by atoms with Gasteiger partial charge in [0.15, 0.2) is 17.5 Å². The smallest absolute Gasteiger partial charge is 0.371 e. The van der Waals surface area contributed by atoms with Crippen LogP contribution in [-0.4, -0.2) is 17.0 Å². The number of pyridine rings is 2. The normalized spacial score (nSPS) is 11.5. The fourth-order valence-corrected chi connectivity index (χ4v) is 2.14. The molecule has 0 aromatic carbocycles. The van der Waals surface area contributed by atoms with Crippen LogP contribution >= 0.6 is 11.8 Å². The molecule has 2 heterocycles. The van der Waals surface area contributed by atoms with E-state index >= 15 is 0 Å². The van der Waals surface area contributed by atoms with Crippen molar-refractivity contribution < 1.29 is 22.0 Å². The zero-order chi connectivity index (χ0) is 15.6. The lowest BCUT2D eigenvalue weighted by atomic mass is 10.3. The number of nitrogens with zero attached hydrogens (tertiary/aromatic N) is 2. The average molecular weight is 321 g/mol. The molecule has 1 N–H and O–H groups in total. The van der Waals surface area contributed by atoms with Crippen LogP contribution in [0.15, 0.2) is 34.4 Å². The molecule has 0 amide bonds. The van der Waals surface area contributed by atoms with Gasteiger partial charge in [0, 0.05) is 19.3 Å². The summed E-state index contributed by atoms with van der Waals surface area (Å²) in [4.78, 5) is 7.28. The van der Waals surface area contributed by atoms with Crippen molar-refractivity contribution in [3.8, 4) is 0 Å². The molecule has 21 heavy (non-hydrogen) atoms. The van der Waals surface area contributed by atoms with Crippen molar-refractivity contribution in [3.63, 3.8) is 0 Å². The molecule has 0 saturated carbocycles. The molecule has 0 radical (unpaired) electrons. The van der Waals surface area contributed by atoms with Crippen molar-refractivity contribution in [3.05, 3.63) is 41.6 Å². The van der Waals surface area contributed by atoms with Crippen molar-refractivity contribution in [2.75, 3.05) is 12.4 Å². The van der Waals surface area contributed by atoms with Gasteiger partial charge in [-0.2, -0.15) is 13.2 Å². The highest BCUT2D eigenvalue weighted by molar-refractivity contribution is 7.99. The van der Waals surface area contributed by atoms with E-state index in [0.29, 0.717) is 24.0 Å². The van der Waals surface area contributed by atoms with E-state index in [2.05, 4.69) is 15.3 Å². The molecule has 2 rings (SSSR count). The van der Waals surface area contributed by atoms with Gasteiger partial charge in [-0.15, -0.1) is 0 Å². The van der Waals surface area contributed by atoms with Crippen molar-refractivity contribution in [2.45, 2.75) is 16.2 Å². The molecule has 0 fully saturated rings. The van der Waals surface area contributed by atoms with Gasteiger partial charge in [-0.05, 0) is 23.9 Å². The second-order valence-corrected chi connectivity index (χ2v) is 4.85. The predicted molar refractivity (Wildman–Crippen MR) is 67.1 cm³/mol. The van der Waals surface area contributed by atoms with Gasteiger partial charge in [-0.25, -0.2) is 18.7 Å². The minimum Gasteiger partial charge on any atom is -0.371 e. The van der Waals surface area contributed by atoms with E-state index in [4.69, 9.17) is 0 Å². The zero-order valence-electron chi connectivity index (χ0n) is 10.5. The average Bonchev–Trinajstić information content (AvgIpc) is 2.41. The molecule has 0 unspecified atom stereocenters. The number of halogens is 5. The van der Waals surface area contributed by atoms with Gasteiger partial charge >= 0.3 is 6.18 Å². The highest BCUT2D eigenvalue weighted by atomic mass is 32.2. The summed E-state index contributed by atoms with van der Waals surface area (Å²) in [5.74, 6) is -1.94. The van der Waals surface area contributed by atoms with E-state index in [-0.39, 0.29) is 15.9 Å².